The molecule has 2 heterocycles. The third kappa shape index (κ3) is 3.33. The first-order valence-electron chi connectivity index (χ1n) is 7.01. The lowest BCUT2D eigenvalue weighted by atomic mass is 10.1. The standard InChI is InChI=1S/C16H13N3O4S/c1-8-2-3-12-10(4-8)11(20)6-13(23-12)15(22)19-16-18-9(7-24-16)5-14(17)21/h2-4,6-7H,5H2,1H3,(H2,17,21)(H,18,19,22). The third-order valence-corrected chi connectivity index (χ3v) is 4.04. The Morgan fingerprint density at radius 2 is 2.12 bits per heavy atom. The number of aryl methyl sites for hydroxylation is 1. The minimum absolute atomic E-state index is 0.00320. The molecule has 0 saturated heterocycles. The summed E-state index contributed by atoms with van der Waals surface area (Å²) in [6, 6.07) is 6.30. The fourth-order valence-electron chi connectivity index (χ4n) is 2.16. The summed E-state index contributed by atoms with van der Waals surface area (Å²) >= 11 is 1.15. The highest BCUT2D eigenvalue weighted by Crippen LogP contribution is 2.18. The summed E-state index contributed by atoms with van der Waals surface area (Å²) in [4.78, 5) is 39.3. The van der Waals surface area contributed by atoms with Gasteiger partial charge in [0.1, 0.15) is 5.58 Å². The Bertz CT molecular complexity index is 1010. The fourth-order valence-corrected chi connectivity index (χ4v) is 2.87. The second-order valence-electron chi connectivity index (χ2n) is 5.22. The highest BCUT2D eigenvalue weighted by Gasteiger charge is 2.15. The normalized spacial score (nSPS) is 10.7. The Hall–Kier alpha value is -3.00. The molecule has 122 valence electrons. The monoisotopic (exact) mass is 343 g/mol. The van der Waals surface area contributed by atoms with Crippen LogP contribution >= 0.6 is 11.3 Å². The molecule has 24 heavy (non-hydrogen) atoms. The molecule has 8 heteroatoms. The van der Waals surface area contributed by atoms with Gasteiger partial charge in [-0.15, -0.1) is 11.3 Å². The number of primary amides is 1. The number of benzene rings is 1. The van der Waals surface area contributed by atoms with Crippen LogP contribution in [-0.4, -0.2) is 16.8 Å². The van der Waals surface area contributed by atoms with Crippen molar-refractivity contribution in [1.82, 2.24) is 4.98 Å². The maximum absolute atomic E-state index is 12.2. The van der Waals surface area contributed by atoms with Crippen molar-refractivity contribution >= 4 is 39.3 Å². The summed E-state index contributed by atoms with van der Waals surface area (Å²) in [5, 5.41) is 4.88. The second-order valence-corrected chi connectivity index (χ2v) is 6.07. The summed E-state index contributed by atoms with van der Waals surface area (Å²) in [5.41, 5.74) is 6.54. The zero-order valence-corrected chi connectivity index (χ0v) is 13.5. The highest BCUT2D eigenvalue weighted by atomic mass is 32.1. The molecule has 0 radical (unpaired) electrons. The van der Waals surface area contributed by atoms with Gasteiger partial charge in [0.05, 0.1) is 17.5 Å². The summed E-state index contributed by atoms with van der Waals surface area (Å²) in [6.07, 6.45) is -0.00320. The number of carbonyl (C=O) groups excluding carboxylic acids is 2. The van der Waals surface area contributed by atoms with Gasteiger partial charge in [-0.1, -0.05) is 11.6 Å². The number of nitrogens with zero attached hydrogens (tertiary/aromatic N) is 1. The number of carbonyl (C=O) groups is 2. The zero-order chi connectivity index (χ0) is 17.3. The number of hydrogen-bond acceptors (Lipinski definition) is 6. The molecule has 0 unspecified atom stereocenters. The highest BCUT2D eigenvalue weighted by molar-refractivity contribution is 7.14. The van der Waals surface area contributed by atoms with Gasteiger partial charge in [0.15, 0.2) is 16.3 Å². The lowest BCUT2D eigenvalue weighted by Crippen LogP contribution is -2.16. The third-order valence-electron chi connectivity index (χ3n) is 3.23. The minimum atomic E-state index is -0.588. The first-order chi connectivity index (χ1) is 11.4. The molecule has 3 rings (SSSR count). The van der Waals surface area contributed by atoms with Crippen molar-refractivity contribution in [2.24, 2.45) is 5.73 Å². The molecule has 0 fully saturated rings. The zero-order valence-electron chi connectivity index (χ0n) is 12.7. The number of anilines is 1. The maximum atomic E-state index is 12.2. The average molecular weight is 343 g/mol. The number of nitrogens with one attached hydrogen (secondary N) is 1. The van der Waals surface area contributed by atoms with Gasteiger partial charge < -0.3 is 10.2 Å². The van der Waals surface area contributed by atoms with Gasteiger partial charge in [0.25, 0.3) is 5.91 Å². The molecule has 1 aromatic carbocycles. The van der Waals surface area contributed by atoms with E-state index in [0.29, 0.717) is 21.8 Å². The molecule has 3 N–H and O–H groups in total. The summed E-state index contributed by atoms with van der Waals surface area (Å²) in [7, 11) is 0. The molecule has 2 amide bonds. The number of hydrogen-bond donors (Lipinski definition) is 2. The van der Waals surface area contributed by atoms with E-state index in [1.165, 1.54) is 0 Å². The SMILES string of the molecule is Cc1ccc2oc(C(=O)Nc3nc(CC(N)=O)cs3)cc(=O)c2c1. The molecule has 0 saturated carbocycles. The van der Waals surface area contributed by atoms with Gasteiger partial charge in [0, 0.05) is 11.4 Å². The number of amides is 2. The smallest absolute Gasteiger partial charge is 0.293 e. The largest absolute Gasteiger partial charge is 0.451 e. The molecule has 0 spiro atoms. The van der Waals surface area contributed by atoms with Gasteiger partial charge in [-0.2, -0.15) is 0 Å². The van der Waals surface area contributed by atoms with E-state index in [1.54, 1.807) is 23.6 Å². The van der Waals surface area contributed by atoms with E-state index < -0.39 is 11.8 Å². The van der Waals surface area contributed by atoms with Crippen molar-refractivity contribution in [1.29, 1.82) is 0 Å². The quantitative estimate of drug-likeness (QED) is 0.750. The van der Waals surface area contributed by atoms with Gasteiger partial charge in [-0.25, -0.2) is 4.98 Å². The first kappa shape index (κ1) is 15.9. The van der Waals surface area contributed by atoms with E-state index in [2.05, 4.69) is 10.3 Å². The number of rotatable bonds is 4. The second kappa shape index (κ2) is 6.25. The van der Waals surface area contributed by atoms with Crippen LogP contribution in [0.2, 0.25) is 0 Å². The number of nitrogens with two attached hydrogens (primary N) is 1. The van der Waals surface area contributed by atoms with Crippen LogP contribution in [0, 0.1) is 6.92 Å². The molecule has 3 aromatic rings. The van der Waals surface area contributed by atoms with Gasteiger partial charge >= 0.3 is 0 Å². The Morgan fingerprint density at radius 1 is 1.33 bits per heavy atom. The first-order valence-corrected chi connectivity index (χ1v) is 7.89. The molecule has 0 aliphatic carbocycles. The predicted molar refractivity (Wildman–Crippen MR) is 90.2 cm³/mol. The Morgan fingerprint density at radius 3 is 2.88 bits per heavy atom. The molecule has 2 aromatic heterocycles. The van der Waals surface area contributed by atoms with Crippen LogP contribution in [0.1, 0.15) is 21.8 Å². The lowest BCUT2D eigenvalue weighted by Gasteiger charge is -2.03. The van der Waals surface area contributed by atoms with Crippen molar-refractivity contribution in [3.63, 3.8) is 0 Å². The topological polar surface area (TPSA) is 115 Å². The number of thiazole rings is 1. The van der Waals surface area contributed by atoms with Gasteiger partial charge in [-0.05, 0) is 19.1 Å². The predicted octanol–water partition coefficient (Wildman–Crippen LogP) is 1.84. The van der Waals surface area contributed by atoms with Crippen LogP contribution in [0.4, 0.5) is 5.13 Å². The molecule has 0 aliphatic rings. The van der Waals surface area contributed by atoms with Crippen molar-refractivity contribution in [2.45, 2.75) is 13.3 Å². The summed E-state index contributed by atoms with van der Waals surface area (Å²) in [5.74, 6) is -1.20. The van der Waals surface area contributed by atoms with Gasteiger partial charge in [0.2, 0.25) is 5.91 Å². The van der Waals surface area contributed by atoms with Crippen molar-refractivity contribution in [3.8, 4) is 0 Å². The average Bonchev–Trinajstić information content (AvgIpc) is 2.94. The molecule has 0 atom stereocenters. The molecule has 0 bridgehead atoms. The maximum Gasteiger partial charge on any atom is 0.293 e. The van der Waals surface area contributed by atoms with Crippen molar-refractivity contribution < 1.29 is 14.0 Å². The van der Waals surface area contributed by atoms with E-state index in [-0.39, 0.29) is 17.6 Å². The van der Waals surface area contributed by atoms with E-state index in [9.17, 15) is 14.4 Å². The van der Waals surface area contributed by atoms with Crippen LogP contribution in [0.15, 0.2) is 38.9 Å². The van der Waals surface area contributed by atoms with Gasteiger partial charge in [-0.3, -0.25) is 19.7 Å². The number of fused-ring (bicyclic) bond motifs is 1. The van der Waals surface area contributed by atoms with E-state index in [0.717, 1.165) is 23.0 Å². The van der Waals surface area contributed by atoms with E-state index in [1.807, 2.05) is 6.92 Å². The van der Waals surface area contributed by atoms with Crippen LogP contribution in [0.3, 0.4) is 0 Å². The van der Waals surface area contributed by atoms with E-state index >= 15 is 0 Å². The van der Waals surface area contributed by atoms with Crippen LogP contribution in [-0.2, 0) is 11.2 Å². The number of aromatic nitrogens is 1. The minimum Gasteiger partial charge on any atom is -0.451 e. The Balaban J connectivity index is 1.86. The Labute approximate surface area is 140 Å². The Kier molecular flexibility index (Phi) is 4.13. The fraction of sp³-hybridized carbons (Fsp3) is 0.125. The molecular formula is C16H13N3O4S. The molecular weight excluding hydrogens is 330 g/mol. The summed E-state index contributed by atoms with van der Waals surface area (Å²) in [6.45, 7) is 1.87. The summed E-state index contributed by atoms with van der Waals surface area (Å²) < 4.78 is 5.49. The van der Waals surface area contributed by atoms with Crippen LogP contribution < -0.4 is 16.5 Å². The van der Waals surface area contributed by atoms with E-state index in [4.69, 9.17) is 10.2 Å². The lowest BCUT2D eigenvalue weighted by molar-refractivity contribution is -0.117. The van der Waals surface area contributed by atoms with Crippen LogP contribution in [0.5, 0.6) is 0 Å². The van der Waals surface area contributed by atoms with Crippen molar-refractivity contribution in [3.05, 3.63) is 56.9 Å². The molecule has 0 aliphatic heterocycles. The van der Waals surface area contributed by atoms with Crippen molar-refractivity contribution in [2.75, 3.05) is 5.32 Å². The molecule has 7 nitrogen and oxygen atoms in total. The van der Waals surface area contributed by atoms with Crippen LogP contribution in [0.25, 0.3) is 11.0 Å².